The highest BCUT2D eigenvalue weighted by Crippen LogP contribution is 2.32. The summed E-state index contributed by atoms with van der Waals surface area (Å²) in [6.45, 7) is 8.93. The number of amides is 2. The van der Waals surface area contributed by atoms with Crippen LogP contribution >= 0.6 is 23.2 Å². The maximum absolute atomic E-state index is 13.6. The molecule has 1 N–H and O–H groups in total. The Morgan fingerprint density at radius 3 is 2.35 bits per heavy atom. The largest absolute Gasteiger partial charge is 0.444 e. The van der Waals surface area contributed by atoms with Gasteiger partial charge in [-0.1, -0.05) is 35.3 Å². The van der Waals surface area contributed by atoms with E-state index in [1.165, 1.54) is 10.9 Å². The van der Waals surface area contributed by atoms with Gasteiger partial charge in [0, 0.05) is 29.4 Å². The van der Waals surface area contributed by atoms with E-state index in [2.05, 4.69) is 4.98 Å². The predicted molar refractivity (Wildman–Crippen MR) is 183 cm³/mol. The summed E-state index contributed by atoms with van der Waals surface area (Å²) >= 11 is 12.6. The first-order chi connectivity index (χ1) is 22.7. The number of fused-ring (bicyclic) bond motifs is 1. The van der Waals surface area contributed by atoms with Gasteiger partial charge in [0.25, 0.3) is 11.5 Å². The zero-order valence-corrected chi connectivity index (χ0v) is 28.9. The number of benzene rings is 2. The van der Waals surface area contributed by atoms with Crippen LogP contribution in [0.3, 0.4) is 0 Å². The summed E-state index contributed by atoms with van der Waals surface area (Å²) in [6.07, 6.45) is 1.64. The van der Waals surface area contributed by atoms with E-state index in [0.717, 1.165) is 5.56 Å². The Hall–Kier alpha value is -3.90. The lowest BCUT2D eigenvalue weighted by Crippen LogP contribution is -2.50. The van der Waals surface area contributed by atoms with Crippen molar-refractivity contribution in [2.75, 3.05) is 26.3 Å². The summed E-state index contributed by atoms with van der Waals surface area (Å²) in [5, 5.41) is 12.6. The second kappa shape index (κ2) is 13.2. The first-order valence-electron chi connectivity index (χ1n) is 16.0. The van der Waals surface area contributed by atoms with Gasteiger partial charge in [0.1, 0.15) is 17.1 Å². The second-order valence-electron chi connectivity index (χ2n) is 13.6. The Morgan fingerprint density at radius 2 is 1.71 bits per heavy atom. The lowest BCUT2D eigenvalue weighted by molar-refractivity contribution is -0.0573. The molecule has 0 bridgehead atoms. The van der Waals surface area contributed by atoms with Crippen molar-refractivity contribution in [2.45, 2.75) is 70.4 Å². The third kappa shape index (κ3) is 6.96. The van der Waals surface area contributed by atoms with Gasteiger partial charge in [-0.05, 0) is 88.6 Å². The highest BCUT2D eigenvalue weighted by Gasteiger charge is 2.37. The highest BCUT2D eigenvalue weighted by atomic mass is 35.5. The standard InChI is InChI=1S/C35H39Cl2N5O6/c1-22-18-47-19-28(41(22)33(45)48-34(2,3)4)23-7-11-26(12-8-23)42-29(37)17-27-30(42)38-21-40(32(27)44)20-35(46)13-15-39(16-14-35)31(43)24-5-9-25(36)10-6-24/h5-12,17,21-22,28,46H,13-16,18-20H2,1-4H3/t22-,28-/m0/s1. The minimum absolute atomic E-state index is 0.0330. The molecule has 2 saturated heterocycles. The summed E-state index contributed by atoms with van der Waals surface area (Å²) < 4.78 is 14.6. The molecule has 2 aliphatic rings. The summed E-state index contributed by atoms with van der Waals surface area (Å²) in [6, 6.07) is 15.3. The van der Waals surface area contributed by atoms with Crippen LogP contribution < -0.4 is 5.56 Å². The summed E-state index contributed by atoms with van der Waals surface area (Å²) in [5.74, 6) is -0.125. The molecule has 0 radical (unpaired) electrons. The van der Waals surface area contributed by atoms with Crippen LogP contribution in [0.25, 0.3) is 16.7 Å². The zero-order chi connectivity index (χ0) is 34.4. The molecule has 0 saturated carbocycles. The van der Waals surface area contributed by atoms with Crippen LogP contribution in [0, 0.1) is 0 Å². The van der Waals surface area contributed by atoms with Gasteiger partial charge in [0.15, 0.2) is 5.65 Å². The third-order valence-electron chi connectivity index (χ3n) is 8.86. The van der Waals surface area contributed by atoms with E-state index in [9.17, 15) is 19.5 Å². The van der Waals surface area contributed by atoms with E-state index in [1.54, 1.807) is 44.7 Å². The SMILES string of the molecule is C[C@H]1COC[C@@H](c2ccc(-n3c(Cl)cc4c(=O)n(CC5(O)CCN(C(=O)c6ccc(Cl)cc6)CC5)cnc43)cc2)N1C(=O)OC(C)(C)C. The molecule has 0 aliphatic carbocycles. The second-order valence-corrected chi connectivity index (χ2v) is 14.4. The van der Waals surface area contributed by atoms with Gasteiger partial charge in [-0.25, -0.2) is 9.78 Å². The lowest BCUT2D eigenvalue weighted by atomic mass is 9.91. The molecule has 48 heavy (non-hydrogen) atoms. The minimum atomic E-state index is -1.19. The van der Waals surface area contributed by atoms with Crippen LogP contribution in [0.4, 0.5) is 4.79 Å². The fourth-order valence-corrected chi connectivity index (χ4v) is 6.78. The Bertz CT molecular complexity index is 1870. The van der Waals surface area contributed by atoms with E-state index in [1.807, 2.05) is 52.0 Å². The van der Waals surface area contributed by atoms with Gasteiger partial charge < -0.3 is 19.5 Å². The fourth-order valence-electron chi connectivity index (χ4n) is 6.36. The molecule has 2 atom stereocenters. The number of carbonyl (C=O) groups excluding carboxylic acids is 2. The molecule has 0 spiro atoms. The first-order valence-corrected chi connectivity index (χ1v) is 16.7. The van der Waals surface area contributed by atoms with E-state index >= 15 is 0 Å². The van der Waals surface area contributed by atoms with Crippen LogP contribution in [0.2, 0.25) is 10.2 Å². The van der Waals surface area contributed by atoms with Crippen LogP contribution in [0.15, 0.2) is 65.7 Å². The third-order valence-corrected chi connectivity index (χ3v) is 9.39. The van der Waals surface area contributed by atoms with Crippen LogP contribution in [0.5, 0.6) is 0 Å². The number of halogens is 2. The summed E-state index contributed by atoms with van der Waals surface area (Å²) in [4.78, 5) is 47.7. The molecule has 2 aromatic carbocycles. The molecule has 2 aliphatic heterocycles. The number of nitrogens with zero attached hydrogens (tertiary/aromatic N) is 5. The number of morpholine rings is 1. The number of piperidine rings is 1. The van der Waals surface area contributed by atoms with Crippen LogP contribution in [-0.4, -0.2) is 84.6 Å². The van der Waals surface area contributed by atoms with Crippen molar-refractivity contribution in [3.8, 4) is 5.69 Å². The molecule has 2 amide bonds. The van der Waals surface area contributed by atoms with Gasteiger partial charge in [-0.15, -0.1) is 0 Å². The maximum atomic E-state index is 13.6. The van der Waals surface area contributed by atoms with Gasteiger partial charge in [0.05, 0.1) is 42.8 Å². The summed E-state index contributed by atoms with van der Waals surface area (Å²) in [7, 11) is 0. The monoisotopic (exact) mass is 695 g/mol. The Morgan fingerprint density at radius 1 is 1.04 bits per heavy atom. The van der Waals surface area contributed by atoms with Crippen LogP contribution in [0.1, 0.15) is 62.5 Å². The zero-order valence-electron chi connectivity index (χ0n) is 27.4. The average molecular weight is 697 g/mol. The molecular weight excluding hydrogens is 657 g/mol. The molecule has 11 nitrogen and oxygen atoms in total. The smallest absolute Gasteiger partial charge is 0.411 e. The minimum Gasteiger partial charge on any atom is -0.444 e. The molecule has 13 heteroatoms. The molecule has 0 unspecified atom stereocenters. The van der Waals surface area contributed by atoms with Gasteiger partial charge in [-0.3, -0.25) is 23.6 Å². The number of hydrogen-bond acceptors (Lipinski definition) is 7. The maximum Gasteiger partial charge on any atom is 0.411 e. The normalized spacial score (nSPS) is 19.8. The van der Waals surface area contributed by atoms with Gasteiger partial charge in [0.2, 0.25) is 0 Å². The van der Waals surface area contributed by atoms with E-state index in [-0.39, 0.29) is 30.1 Å². The highest BCUT2D eigenvalue weighted by molar-refractivity contribution is 6.31. The molecule has 254 valence electrons. The van der Waals surface area contributed by atoms with Gasteiger partial charge >= 0.3 is 6.09 Å². The van der Waals surface area contributed by atoms with Crippen molar-refractivity contribution in [3.63, 3.8) is 0 Å². The number of carbonyl (C=O) groups is 2. The molecule has 2 fully saturated rings. The molecule has 6 rings (SSSR count). The van der Waals surface area contributed by atoms with Crippen molar-refractivity contribution in [3.05, 3.63) is 92.6 Å². The summed E-state index contributed by atoms with van der Waals surface area (Å²) in [5.41, 5.74) is 0.330. The number of ether oxygens (including phenoxy) is 2. The van der Waals surface area contributed by atoms with Gasteiger partial charge in [-0.2, -0.15) is 0 Å². The molecule has 4 heterocycles. The molecule has 4 aromatic rings. The quantitative estimate of drug-likeness (QED) is 0.278. The first kappa shape index (κ1) is 34.0. The Labute approximate surface area is 288 Å². The van der Waals surface area contributed by atoms with Crippen molar-refractivity contribution in [1.29, 1.82) is 0 Å². The number of aliphatic hydroxyl groups is 1. The van der Waals surface area contributed by atoms with Crippen molar-refractivity contribution in [1.82, 2.24) is 23.9 Å². The van der Waals surface area contributed by atoms with E-state index < -0.39 is 17.3 Å². The van der Waals surface area contributed by atoms with Crippen molar-refractivity contribution >= 4 is 46.2 Å². The average Bonchev–Trinajstić information content (AvgIpc) is 3.38. The number of rotatable bonds is 5. The molecular formula is C35H39Cl2N5O6. The van der Waals surface area contributed by atoms with E-state index in [4.69, 9.17) is 32.7 Å². The molecule has 2 aromatic heterocycles. The fraction of sp³-hybridized carbons (Fsp3) is 0.429. The number of hydrogen-bond donors (Lipinski definition) is 1. The number of likely N-dealkylation sites (tertiary alicyclic amines) is 1. The van der Waals surface area contributed by atoms with E-state index in [0.29, 0.717) is 71.6 Å². The Kier molecular flexibility index (Phi) is 9.34. The number of aromatic nitrogens is 3. The lowest BCUT2D eigenvalue weighted by Gasteiger charge is -2.41. The van der Waals surface area contributed by atoms with Crippen LogP contribution in [-0.2, 0) is 16.0 Å². The Balaban J connectivity index is 1.19. The van der Waals surface area contributed by atoms with Crippen molar-refractivity contribution < 1.29 is 24.2 Å². The van der Waals surface area contributed by atoms with Crippen molar-refractivity contribution in [2.24, 2.45) is 0 Å². The predicted octanol–water partition coefficient (Wildman–Crippen LogP) is 5.86. The topological polar surface area (TPSA) is 119 Å².